The number of nitrogens with two attached hydrogens (primary N) is 1. The summed E-state index contributed by atoms with van der Waals surface area (Å²) in [6, 6.07) is 0. The zero-order chi connectivity index (χ0) is 13.6. The fourth-order valence-corrected chi connectivity index (χ4v) is 4.45. The summed E-state index contributed by atoms with van der Waals surface area (Å²) >= 11 is 1.12. The Labute approximate surface area is 112 Å². The highest BCUT2D eigenvalue weighted by Gasteiger charge is 2.40. The largest absolute Gasteiger partial charge is 0.382 e. The summed E-state index contributed by atoms with van der Waals surface area (Å²) in [6.45, 7) is 6.93. The third kappa shape index (κ3) is 2.77. The molecule has 102 valence electrons. The standard InChI is InChI=1S/C11H19N3O2S2/c1-11(2,3)6-13-10-8(9(12)14-17-10)18(15,16)7-4-5-7/h7,13H,4-6H2,1-3H3,(H2,12,14). The highest BCUT2D eigenvalue weighted by atomic mass is 32.2. The summed E-state index contributed by atoms with van der Waals surface area (Å²) in [5, 5.41) is 3.48. The predicted molar refractivity (Wildman–Crippen MR) is 74.7 cm³/mol. The molecule has 1 fully saturated rings. The lowest BCUT2D eigenvalue weighted by Gasteiger charge is -2.19. The molecule has 0 saturated heterocycles. The van der Waals surface area contributed by atoms with Gasteiger partial charge in [0.15, 0.2) is 15.7 Å². The Hall–Kier alpha value is -0.820. The van der Waals surface area contributed by atoms with Crippen LogP contribution in [0.15, 0.2) is 4.90 Å². The van der Waals surface area contributed by atoms with Crippen molar-refractivity contribution in [3.8, 4) is 0 Å². The van der Waals surface area contributed by atoms with Crippen molar-refractivity contribution in [2.75, 3.05) is 17.6 Å². The summed E-state index contributed by atoms with van der Waals surface area (Å²) in [5.41, 5.74) is 5.78. The lowest BCUT2D eigenvalue weighted by molar-refractivity contribution is 0.443. The normalized spacial score (nSPS) is 16.8. The Morgan fingerprint density at radius 2 is 2.06 bits per heavy atom. The van der Waals surface area contributed by atoms with Crippen molar-refractivity contribution in [1.29, 1.82) is 0 Å². The number of nitrogens with zero attached hydrogens (tertiary/aromatic N) is 1. The Kier molecular flexibility index (Phi) is 3.31. The van der Waals surface area contributed by atoms with E-state index in [9.17, 15) is 8.42 Å². The van der Waals surface area contributed by atoms with E-state index in [0.717, 1.165) is 24.4 Å². The predicted octanol–water partition coefficient (Wildman–Crippen LogP) is 2.12. The third-order valence-corrected chi connectivity index (χ3v) is 5.98. The number of hydrogen-bond acceptors (Lipinski definition) is 6. The topological polar surface area (TPSA) is 85.1 Å². The second-order valence-electron chi connectivity index (χ2n) is 5.88. The van der Waals surface area contributed by atoms with E-state index >= 15 is 0 Å². The van der Waals surface area contributed by atoms with Crippen LogP contribution in [0, 0.1) is 5.41 Å². The summed E-state index contributed by atoms with van der Waals surface area (Å²) < 4.78 is 28.5. The van der Waals surface area contributed by atoms with Crippen LogP contribution in [0.4, 0.5) is 10.8 Å². The van der Waals surface area contributed by atoms with Crippen LogP contribution in [0.3, 0.4) is 0 Å². The van der Waals surface area contributed by atoms with Crippen LogP contribution in [0.1, 0.15) is 33.6 Å². The maximum Gasteiger partial charge on any atom is 0.187 e. The van der Waals surface area contributed by atoms with Gasteiger partial charge in [-0.3, -0.25) is 0 Å². The first-order valence-electron chi connectivity index (χ1n) is 5.95. The average molecular weight is 289 g/mol. The van der Waals surface area contributed by atoms with Crippen LogP contribution in [0.2, 0.25) is 0 Å². The second-order valence-corrected chi connectivity index (χ2v) is 8.82. The van der Waals surface area contributed by atoms with Gasteiger partial charge < -0.3 is 11.1 Å². The molecule has 2 rings (SSSR count). The molecule has 0 amide bonds. The third-order valence-electron chi connectivity index (χ3n) is 2.70. The fraction of sp³-hybridized carbons (Fsp3) is 0.727. The summed E-state index contributed by atoms with van der Waals surface area (Å²) in [4.78, 5) is 0.208. The number of anilines is 2. The molecule has 18 heavy (non-hydrogen) atoms. The van der Waals surface area contributed by atoms with Gasteiger partial charge in [0.2, 0.25) is 0 Å². The number of sulfone groups is 1. The molecule has 0 atom stereocenters. The van der Waals surface area contributed by atoms with E-state index in [1.165, 1.54) is 0 Å². The zero-order valence-corrected chi connectivity index (χ0v) is 12.5. The molecule has 3 N–H and O–H groups in total. The van der Waals surface area contributed by atoms with Crippen molar-refractivity contribution >= 4 is 32.2 Å². The molecule has 0 aliphatic heterocycles. The molecule has 1 aromatic rings. The van der Waals surface area contributed by atoms with E-state index in [-0.39, 0.29) is 21.4 Å². The van der Waals surface area contributed by atoms with E-state index in [4.69, 9.17) is 5.73 Å². The number of aromatic nitrogens is 1. The SMILES string of the molecule is CC(C)(C)CNc1snc(N)c1S(=O)(=O)C1CC1. The van der Waals surface area contributed by atoms with Gasteiger partial charge in [0, 0.05) is 6.54 Å². The number of nitrogens with one attached hydrogen (secondary N) is 1. The minimum atomic E-state index is -3.29. The van der Waals surface area contributed by atoms with Crippen molar-refractivity contribution in [2.24, 2.45) is 5.41 Å². The van der Waals surface area contributed by atoms with Gasteiger partial charge in [-0.15, -0.1) is 0 Å². The lowest BCUT2D eigenvalue weighted by atomic mass is 9.97. The smallest absolute Gasteiger partial charge is 0.187 e. The van der Waals surface area contributed by atoms with Crippen LogP contribution >= 0.6 is 11.5 Å². The Balaban J connectivity index is 2.28. The number of rotatable bonds is 4. The van der Waals surface area contributed by atoms with Gasteiger partial charge in [0.25, 0.3) is 0 Å². The maximum atomic E-state index is 12.3. The van der Waals surface area contributed by atoms with Gasteiger partial charge in [0.05, 0.1) is 5.25 Å². The van der Waals surface area contributed by atoms with Crippen LogP contribution in [0.5, 0.6) is 0 Å². The summed E-state index contributed by atoms with van der Waals surface area (Å²) in [7, 11) is -3.29. The average Bonchev–Trinajstić information content (AvgIpc) is 2.99. The number of nitrogen functional groups attached to an aromatic ring is 1. The molecule has 1 heterocycles. The Bertz CT molecular complexity index is 539. The van der Waals surface area contributed by atoms with Crippen molar-refractivity contribution < 1.29 is 8.42 Å². The van der Waals surface area contributed by atoms with E-state index in [2.05, 4.69) is 30.5 Å². The Morgan fingerprint density at radius 3 is 2.56 bits per heavy atom. The molecule has 1 saturated carbocycles. The molecule has 0 bridgehead atoms. The van der Waals surface area contributed by atoms with E-state index in [1.807, 2.05) is 0 Å². The molecule has 0 aromatic carbocycles. The molecular formula is C11H19N3O2S2. The van der Waals surface area contributed by atoms with E-state index < -0.39 is 9.84 Å². The van der Waals surface area contributed by atoms with E-state index in [1.54, 1.807) is 0 Å². The minimum absolute atomic E-state index is 0.0688. The van der Waals surface area contributed by atoms with Crippen molar-refractivity contribution in [3.63, 3.8) is 0 Å². The fourth-order valence-electron chi connectivity index (χ4n) is 1.57. The van der Waals surface area contributed by atoms with Gasteiger partial charge >= 0.3 is 0 Å². The van der Waals surface area contributed by atoms with Gasteiger partial charge in [0.1, 0.15) is 9.90 Å². The second kappa shape index (κ2) is 4.38. The molecular weight excluding hydrogens is 270 g/mol. The van der Waals surface area contributed by atoms with Crippen molar-refractivity contribution in [2.45, 2.75) is 43.8 Å². The molecule has 1 aliphatic carbocycles. The molecule has 1 aromatic heterocycles. The first-order valence-corrected chi connectivity index (χ1v) is 8.27. The molecule has 0 unspecified atom stereocenters. The summed E-state index contributed by atoms with van der Waals surface area (Å²) in [6.07, 6.45) is 1.46. The molecule has 5 nitrogen and oxygen atoms in total. The summed E-state index contributed by atoms with van der Waals surface area (Å²) in [5.74, 6) is 0.128. The van der Waals surface area contributed by atoms with Crippen LogP contribution in [-0.2, 0) is 9.84 Å². The minimum Gasteiger partial charge on any atom is -0.382 e. The zero-order valence-electron chi connectivity index (χ0n) is 10.9. The van der Waals surface area contributed by atoms with Gasteiger partial charge in [-0.2, -0.15) is 4.37 Å². The molecule has 7 heteroatoms. The van der Waals surface area contributed by atoms with Crippen molar-refractivity contribution in [3.05, 3.63) is 0 Å². The van der Waals surface area contributed by atoms with Crippen LogP contribution < -0.4 is 11.1 Å². The quantitative estimate of drug-likeness (QED) is 0.887. The molecule has 0 spiro atoms. The van der Waals surface area contributed by atoms with Crippen LogP contribution in [0.25, 0.3) is 0 Å². The lowest BCUT2D eigenvalue weighted by Crippen LogP contribution is -2.20. The highest BCUT2D eigenvalue weighted by molar-refractivity contribution is 7.92. The highest BCUT2D eigenvalue weighted by Crippen LogP contribution is 2.41. The van der Waals surface area contributed by atoms with Gasteiger partial charge in [-0.05, 0) is 29.8 Å². The number of hydrogen-bond donors (Lipinski definition) is 2. The van der Waals surface area contributed by atoms with Crippen molar-refractivity contribution in [1.82, 2.24) is 4.37 Å². The maximum absolute atomic E-state index is 12.3. The van der Waals surface area contributed by atoms with Crippen LogP contribution in [-0.4, -0.2) is 24.6 Å². The molecule has 1 aliphatic rings. The molecule has 0 radical (unpaired) electrons. The van der Waals surface area contributed by atoms with E-state index in [0.29, 0.717) is 11.5 Å². The van der Waals surface area contributed by atoms with Gasteiger partial charge in [-0.1, -0.05) is 20.8 Å². The van der Waals surface area contributed by atoms with Gasteiger partial charge in [-0.25, -0.2) is 8.42 Å². The first-order chi connectivity index (χ1) is 8.22. The first kappa shape index (κ1) is 13.6. The Morgan fingerprint density at radius 1 is 1.44 bits per heavy atom. The monoisotopic (exact) mass is 289 g/mol.